The van der Waals surface area contributed by atoms with Crippen molar-refractivity contribution in [2.75, 3.05) is 0 Å². The fraction of sp³-hybridized carbons (Fsp3) is 0.0426. The zero-order valence-electron chi connectivity index (χ0n) is 55.8. The summed E-state index contributed by atoms with van der Waals surface area (Å²) in [7, 11) is 0. The summed E-state index contributed by atoms with van der Waals surface area (Å²) in [6, 6.07) is 127. The van der Waals surface area contributed by atoms with Crippen molar-refractivity contribution in [1.82, 2.24) is 18.7 Å². The molecule has 0 atom stereocenters. The summed E-state index contributed by atoms with van der Waals surface area (Å²) in [4.78, 5) is 5.09. The molecule has 0 saturated carbocycles. The van der Waals surface area contributed by atoms with Gasteiger partial charge in [-0.25, -0.2) is 4.98 Å². The molecule has 0 spiro atoms. The summed E-state index contributed by atoms with van der Waals surface area (Å²) in [6.07, 6.45) is 5.89. The number of nitrogens with zero attached hydrogens (tertiary/aromatic N) is 5. The van der Waals surface area contributed by atoms with Gasteiger partial charge in [0, 0.05) is 60.7 Å². The number of ether oxygens (including phenoxy) is 1. The van der Waals surface area contributed by atoms with Gasteiger partial charge in [-0.15, -0.1) is 29.7 Å². The Balaban J connectivity index is 0.00000760. The minimum absolute atomic E-state index is 0. The van der Waals surface area contributed by atoms with Gasteiger partial charge < -0.3 is 18.4 Å². The van der Waals surface area contributed by atoms with E-state index in [0.29, 0.717) is 11.5 Å². The SMILES string of the molecule is CC(C)(C)c1ccnc(-n2c3[c-]c(Oc4[c-]c(-n5[c-][n+](-c6c(-c7cc(-c8ccccc8)cc(-c8ccccc8)c7)cccc6-c6cc(-c7ccccc7)cc(-c7ccccc7)c6)c6ccccc65)ccc4)ccc3c3cc(-c4cccc5c4c4ccccc4n5-c4ccccc4)ccc32)c1.[Pt]. The standard InChI is InChI=1S/C94H65N5O.Pt/c1-94(2,3)74-50-51-95-91(59-74)99-86-49-46-67(79-39-25-45-89-92(79)83-38-19-20-42-85(83)98(89)75-34-17-8-18-35-75)58-84(86)82-48-47-78(61-90(82)99)100-77-37-23-36-76(60-77)96-62-97(88-44-22-21-43-87(88)96)93-80(72-54-68(63-26-9-4-10-27-63)52-69(55-72)64-28-11-5-12-29-64)40-24-41-81(93)73-56-70(65-30-13-6-14-31-65)53-71(57-73)66-32-15-7-16-33-66;/h4-59H,1-3H3;/q-2;. The third kappa shape index (κ3) is 11.4. The average Bonchev–Trinajstić information content (AvgIpc) is 1.33. The van der Waals surface area contributed by atoms with Gasteiger partial charge in [-0.2, -0.15) is 18.2 Å². The fourth-order valence-electron chi connectivity index (χ4n) is 14.7. The molecule has 0 bridgehead atoms. The molecule has 0 aliphatic heterocycles. The third-order valence-corrected chi connectivity index (χ3v) is 19.5. The second-order valence-corrected chi connectivity index (χ2v) is 26.7. The van der Waals surface area contributed by atoms with Gasteiger partial charge in [0.1, 0.15) is 5.82 Å². The number of aromatic nitrogens is 5. The maximum Gasteiger partial charge on any atom is 0.268 e. The number of fused-ring (bicyclic) bond motifs is 7. The molecule has 14 aromatic carbocycles. The first-order valence-corrected chi connectivity index (χ1v) is 34.1. The molecule has 0 amide bonds. The van der Waals surface area contributed by atoms with Crippen LogP contribution in [0.4, 0.5) is 0 Å². The number of benzene rings is 14. The van der Waals surface area contributed by atoms with Crippen LogP contribution in [-0.4, -0.2) is 18.7 Å². The number of para-hydroxylation sites is 5. The Bertz CT molecular complexity index is 5890. The Hall–Kier alpha value is -12.2. The molecule has 0 aliphatic carbocycles. The Morgan fingerprint density at radius 2 is 0.861 bits per heavy atom. The summed E-state index contributed by atoms with van der Waals surface area (Å²) >= 11 is 0. The molecule has 0 radical (unpaired) electrons. The van der Waals surface area contributed by atoms with E-state index in [1.165, 1.54) is 27.4 Å². The molecule has 18 aromatic rings. The molecule has 7 heteroatoms. The summed E-state index contributed by atoms with van der Waals surface area (Å²) in [5.41, 5.74) is 25.7. The van der Waals surface area contributed by atoms with Crippen LogP contribution in [-0.2, 0) is 26.5 Å². The Kier molecular flexibility index (Phi) is 16.0. The van der Waals surface area contributed by atoms with E-state index in [4.69, 9.17) is 9.72 Å². The largest absolute Gasteiger partial charge is 0.510 e. The molecular formula is C94H65N5OPt-2. The van der Waals surface area contributed by atoms with Crippen molar-refractivity contribution < 1.29 is 30.4 Å². The van der Waals surface area contributed by atoms with Gasteiger partial charge in [-0.1, -0.05) is 251 Å². The zero-order valence-corrected chi connectivity index (χ0v) is 58.1. The van der Waals surface area contributed by atoms with Crippen molar-refractivity contribution in [2.24, 2.45) is 0 Å². The summed E-state index contributed by atoms with van der Waals surface area (Å²) in [6.45, 7) is 6.73. The summed E-state index contributed by atoms with van der Waals surface area (Å²) in [5.74, 6) is 1.89. The van der Waals surface area contributed by atoms with E-state index >= 15 is 0 Å². The van der Waals surface area contributed by atoms with E-state index in [1.807, 2.05) is 24.4 Å². The normalized spacial score (nSPS) is 11.6. The van der Waals surface area contributed by atoms with Crippen LogP contribution in [0.1, 0.15) is 26.3 Å². The van der Waals surface area contributed by atoms with E-state index in [9.17, 15) is 0 Å². The molecule has 6 nitrogen and oxygen atoms in total. The van der Waals surface area contributed by atoms with Crippen molar-refractivity contribution in [2.45, 2.75) is 26.2 Å². The van der Waals surface area contributed by atoms with Gasteiger partial charge >= 0.3 is 0 Å². The van der Waals surface area contributed by atoms with Crippen LogP contribution in [0.3, 0.4) is 0 Å². The average molecular weight is 1480 g/mol. The topological polar surface area (TPSA) is 40.8 Å². The second-order valence-electron chi connectivity index (χ2n) is 26.7. The molecular weight excluding hydrogens is 1410 g/mol. The molecule has 484 valence electrons. The maximum absolute atomic E-state index is 7.00. The van der Waals surface area contributed by atoms with Gasteiger partial charge in [0.25, 0.3) is 6.33 Å². The molecule has 4 heterocycles. The molecule has 101 heavy (non-hydrogen) atoms. The van der Waals surface area contributed by atoms with Crippen LogP contribution >= 0.6 is 0 Å². The van der Waals surface area contributed by atoms with Gasteiger partial charge in [0.2, 0.25) is 0 Å². The van der Waals surface area contributed by atoms with E-state index in [-0.39, 0.29) is 26.5 Å². The number of pyridine rings is 1. The van der Waals surface area contributed by atoms with Crippen molar-refractivity contribution >= 4 is 54.6 Å². The molecule has 0 fully saturated rings. The van der Waals surface area contributed by atoms with Crippen LogP contribution in [0.2, 0.25) is 0 Å². The molecule has 0 N–H and O–H groups in total. The number of rotatable bonds is 13. The van der Waals surface area contributed by atoms with Crippen molar-refractivity contribution in [1.29, 1.82) is 0 Å². The minimum atomic E-state index is -0.115. The van der Waals surface area contributed by atoms with Crippen molar-refractivity contribution in [3.8, 4) is 112 Å². The molecule has 18 rings (SSSR count). The molecule has 0 aliphatic rings. The summed E-state index contributed by atoms with van der Waals surface area (Å²) in [5, 5.41) is 4.54. The third-order valence-electron chi connectivity index (χ3n) is 19.5. The Morgan fingerprint density at radius 1 is 0.356 bits per heavy atom. The van der Waals surface area contributed by atoms with Gasteiger partial charge in [-0.3, -0.25) is 4.57 Å². The Morgan fingerprint density at radius 3 is 1.48 bits per heavy atom. The van der Waals surface area contributed by atoms with Gasteiger partial charge in [0.15, 0.2) is 0 Å². The van der Waals surface area contributed by atoms with Crippen molar-refractivity contribution in [3.05, 3.63) is 364 Å². The van der Waals surface area contributed by atoms with E-state index in [2.05, 4.69) is 373 Å². The maximum atomic E-state index is 7.00. The predicted molar refractivity (Wildman–Crippen MR) is 411 cm³/mol. The van der Waals surface area contributed by atoms with Crippen LogP contribution < -0.4 is 9.30 Å². The smallest absolute Gasteiger partial charge is 0.268 e. The second kappa shape index (κ2) is 25.9. The first kappa shape index (κ1) is 62.3. The van der Waals surface area contributed by atoms with E-state index < -0.39 is 0 Å². The zero-order chi connectivity index (χ0) is 66.8. The molecule has 0 unspecified atom stereocenters. The monoisotopic (exact) mass is 1470 g/mol. The molecule has 0 saturated heterocycles. The van der Waals surface area contributed by atoms with E-state index in [1.54, 1.807) is 0 Å². The van der Waals surface area contributed by atoms with Gasteiger partial charge in [0.05, 0.1) is 27.8 Å². The van der Waals surface area contributed by atoms with Crippen LogP contribution in [0.5, 0.6) is 11.5 Å². The summed E-state index contributed by atoms with van der Waals surface area (Å²) < 4.78 is 16.0. The first-order valence-electron chi connectivity index (χ1n) is 34.1. The van der Waals surface area contributed by atoms with E-state index in [0.717, 1.165) is 134 Å². The number of imidazole rings is 1. The number of hydrogen-bond donors (Lipinski definition) is 0. The van der Waals surface area contributed by atoms with Crippen LogP contribution in [0.15, 0.2) is 340 Å². The van der Waals surface area contributed by atoms with Crippen LogP contribution in [0, 0.1) is 18.5 Å². The van der Waals surface area contributed by atoms with Gasteiger partial charge in [-0.05, 0) is 179 Å². The fourth-order valence-corrected chi connectivity index (χ4v) is 14.7. The quantitative estimate of drug-likeness (QED) is 0.0853. The van der Waals surface area contributed by atoms with Crippen molar-refractivity contribution in [3.63, 3.8) is 0 Å². The predicted octanol–water partition coefficient (Wildman–Crippen LogP) is 23.7. The van der Waals surface area contributed by atoms with Crippen LogP contribution in [0.25, 0.3) is 155 Å². The Labute approximate surface area is 601 Å². The first-order chi connectivity index (χ1) is 49.2. The minimum Gasteiger partial charge on any atom is -0.510 e. The molecule has 4 aromatic heterocycles. The number of hydrogen-bond acceptors (Lipinski definition) is 2.